The van der Waals surface area contributed by atoms with Crippen LogP contribution < -0.4 is 0 Å². The Hall–Kier alpha value is -0.760. The van der Waals surface area contributed by atoms with Crippen molar-refractivity contribution in [3.8, 4) is 0 Å². The first-order valence-electron chi connectivity index (χ1n) is 4.98. The van der Waals surface area contributed by atoms with Crippen molar-refractivity contribution in [2.24, 2.45) is 5.92 Å². The summed E-state index contributed by atoms with van der Waals surface area (Å²) in [5, 5.41) is 0.380. The number of carbonyl (C=O) groups is 1. The van der Waals surface area contributed by atoms with Gasteiger partial charge in [0.1, 0.15) is 0 Å². The molecular weight excluding hydrogens is 192 g/mol. The normalized spacial score (nSPS) is 15.5. The number of thioether (sulfide) groups is 1. The van der Waals surface area contributed by atoms with E-state index in [4.69, 9.17) is 0 Å². The molecule has 1 saturated carbocycles. The summed E-state index contributed by atoms with van der Waals surface area (Å²) in [6.07, 6.45) is 2.22. The van der Waals surface area contributed by atoms with E-state index in [9.17, 15) is 4.79 Å². The standard InChI is InChI=1S/C12H14OS/c1-9-2-4-10(5-3-9)8-14-12(13)11-6-7-11/h2-5,11H,6-8H2,1H3. The van der Waals surface area contributed by atoms with Gasteiger partial charge < -0.3 is 0 Å². The van der Waals surface area contributed by atoms with Gasteiger partial charge in [0.25, 0.3) is 0 Å². The zero-order valence-electron chi connectivity index (χ0n) is 8.32. The van der Waals surface area contributed by atoms with Gasteiger partial charge in [-0.05, 0) is 25.3 Å². The largest absolute Gasteiger partial charge is 0.287 e. The lowest BCUT2D eigenvalue weighted by Crippen LogP contribution is -1.94. The molecule has 2 heteroatoms. The molecule has 1 aromatic rings. The molecule has 0 radical (unpaired) electrons. The van der Waals surface area contributed by atoms with E-state index in [0.717, 1.165) is 18.6 Å². The van der Waals surface area contributed by atoms with E-state index in [1.807, 2.05) is 0 Å². The Labute approximate surface area is 88.9 Å². The van der Waals surface area contributed by atoms with Crippen LogP contribution in [0.1, 0.15) is 24.0 Å². The summed E-state index contributed by atoms with van der Waals surface area (Å²) in [5.41, 5.74) is 2.52. The van der Waals surface area contributed by atoms with E-state index in [-0.39, 0.29) is 0 Å². The fourth-order valence-corrected chi connectivity index (χ4v) is 2.25. The monoisotopic (exact) mass is 206 g/mol. The molecule has 1 fully saturated rings. The van der Waals surface area contributed by atoms with Crippen LogP contribution in [0.25, 0.3) is 0 Å². The maximum absolute atomic E-state index is 11.4. The predicted molar refractivity (Wildman–Crippen MR) is 60.2 cm³/mol. The van der Waals surface area contributed by atoms with Crippen LogP contribution in [-0.2, 0) is 10.5 Å². The summed E-state index contributed by atoms with van der Waals surface area (Å²) in [5.74, 6) is 1.21. The van der Waals surface area contributed by atoms with Crippen LogP contribution in [0.4, 0.5) is 0 Å². The van der Waals surface area contributed by atoms with Gasteiger partial charge in [0.15, 0.2) is 5.12 Å². The summed E-state index contributed by atoms with van der Waals surface area (Å²) in [6, 6.07) is 8.39. The molecule has 0 unspecified atom stereocenters. The Kier molecular flexibility index (Phi) is 2.92. The predicted octanol–water partition coefficient (Wildman–Crippen LogP) is 3.16. The second kappa shape index (κ2) is 4.18. The number of aryl methyl sites for hydroxylation is 1. The highest BCUT2D eigenvalue weighted by Crippen LogP contribution is 2.34. The third kappa shape index (κ3) is 2.61. The second-order valence-electron chi connectivity index (χ2n) is 3.87. The lowest BCUT2D eigenvalue weighted by atomic mass is 10.2. The van der Waals surface area contributed by atoms with Crippen LogP contribution >= 0.6 is 11.8 Å². The molecule has 0 bridgehead atoms. The van der Waals surface area contributed by atoms with Crippen molar-refractivity contribution in [2.75, 3.05) is 0 Å². The molecule has 14 heavy (non-hydrogen) atoms. The first kappa shape index (κ1) is 9.78. The highest BCUT2D eigenvalue weighted by molar-refractivity contribution is 8.13. The maximum Gasteiger partial charge on any atom is 0.192 e. The first-order chi connectivity index (χ1) is 6.75. The Morgan fingerprint density at radius 2 is 2.00 bits per heavy atom. The lowest BCUT2D eigenvalue weighted by Gasteiger charge is -2.00. The van der Waals surface area contributed by atoms with Crippen molar-refractivity contribution in [1.29, 1.82) is 0 Å². The summed E-state index contributed by atoms with van der Waals surface area (Å²) >= 11 is 1.47. The third-order valence-electron chi connectivity index (χ3n) is 2.41. The number of hydrogen-bond donors (Lipinski definition) is 0. The van der Waals surface area contributed by atoms with Crippen LogP contribution in [0.3, 0.4) is 0 Å². The van der Waals surface area contributed by atoms with Crippen molar-refractivity contribution in [3.05, 3.63) is 35.4 Å². The third-order valence-corrected chi connectivity index (χ3v) is 3.51. The smallest absolute Gasteiger partial charge is 0.192 e. The van der Waals surface area contributed by atoms with Crippen LogP contribution in [0.15, 0.2) is 24.3 Å². The Bertz CT molecular complexity index is 325. The zero-order valence-corrected chi connectivity index (χ0v) is 9.14. The molecule has 0 saturated heterocycles. The van der Waals surface area contributed by atoms with E-state index in [1.165, 1.54) is 22.9 Å². The van der Waals surface area contributed by atoms with Crippen molar-refractivity contribution in [3.63, 3.8) is 0 Å². The van der Waals surface area contributed by atoms with E-state index >= 15 is 0 Å². The van der Waals surface area contributed by atoms with Gasteiger partial charge in [-0.15, -0.1) is 0 Å². The Morgan fingerprint density at radius 1 is 1.36 bits per heavy atom. The molecule has 0 aliphatic heterocycles. The molecule has 1 aliphatic carbocycles. The molecule has 74 valence electrons. The molecule has 2 rings (SSSR count). The van der Waals surface area contributed by atoms with Gasteiger partial charge in [0, 0.05) is 11.7 Å². The summed E-state index contributed by atoms with van der Waals surface area (Å²) in [7, 11) is 0. The summed E-state index contributed by atoms with van der Waals surface area (Å²) in [4.78, 5) is 11.4. The van der Waals surface area contributed by atoms with Crippen LogP contribution in [0, 0.1) is 12.8 Å². The van der Waals surface area contributed by atoms with Crippen LogP contribution in [0.5, 0.6) is 0 Å². The fourth-order valence-electron chi connectivity index (χ4n) is 1.28. The van der Waals surface area contributed by atoms with Gasteiger partial charge in [-0.25, -0.2) is 0 Å². The lowest BCUT2D eigenvalue weighted by molar-refractivity contribution is -0.112. The minimum Gasteiger partial charge on any atom is -0.287 e. The quantitative estimate of drug-likeness (QED) is 0.755. The molecule has 0 N–H and O–H groups in total. The molecule has 0 atom stereocenters. The topological polar surface area (TPSA) is 17.1 Å². The summed E-state index contributed by atoms with van der Waals surface area (Å²) < 4.78 is 0. The maximum atomic E-state index is 11.4. The molecule has 1 aliphatic rings. The van der Waals surface area contributed by atoms with Gasteiger partial charge in [-0.2, -0.15) is 0 Å². The van der Waals surface area contributed by atoms with Gasteiger partial charge in [-0.1, -0.05) is 41.6 Å². The average Bonchev–Trinajstić information content (AvgIpc) is 3.00. The highest BCUT2D eigenvalue weighted by Gasteiger charge is 2.29. The molecule has 1 nitrogen and oxygen atoms in total. The number of benzene rings is 1. The second-order valence-corrected chi connectivity index (χ2v) is 4.85. The SMILES string of the molecule is Cc1ccc(CSC(=O)C2CC2)cc1. The molecule has 1 aromatic carbocycles. The van der Waals surface area contributed by atoms with Crippen molar-refractivity contribution < 1.29 is 4.79 Å². The van der Waals surface area contributed by atoms with Gasteiger partial charge in [0.05, 0.1) is 0 Å². The Morgan fingerprint density at radius 3 is 2.57 bits per heavy atom. The van der Waals surface area contributed by atoms with Gasteiger partial charge >= 0.3 is 0 Å². The Balaban J connectivity index is 1.85. The van der Waals surface area contributed by atoms with Crippen LogP contribution in [0.2, 0.25) is 0 Å². The van der Waals surface area contributed by atoms with E-state index in [2.05, 4.69) is 31.2 Å². The van der Waals surface area contributed by atoms with Gasteiger partial charge in [-0.3, -0.25) is 4.79 Å². The zero-order chi connectivity index (χ0) is 9.97. The average molecular weight is 206 g/mol. The number of carbonyl (C=O) groups excluding carboxylic acids is 1. The van der Waals surface area contributed by atoms with E-state index in [0.29, 0.717) is 11.0 Å². The number of hydrogen-bond acceptors (Lipinski definition) is 2. The molecule has 0 spiro atoms. The molecule has 0 heterocycles. The minimum absolute atomic E-state index is 0.380. The van der Waals surface area contributed by atoms with Crippen molar-refractivity contribution in [1.82, 2.24) is 0 Å². The minimum atomic E-state index is 0.380. The van der Waals surface area contributed by atoms with Gasteiger partial charge in [0.2, 0.25) is 0 Å². The first-order valence-corrected chi connectivity index (χ1v) is 5.96. The van der Waals surface area contributed by atoms with Crippen molar-refractivity contribution >= 4 is 16.9 Å². The molecule has 0 amide bonds. The highest BCUT2D eigenvalue weighted by atomic mass is 32.2. The molecular formula is C12H14OS. The van der Waals surface area contributed by atoms with Crippen LogP contribution in [-0.4, -0.2) is 5.12 Å². The number of rotatable bonds is 3. The molecule has 0 aromatic heterocycles. The van der Waals surface area contributed by atoms with E-state index < -0.39 is 0 Å². The summed E-state index contributed by atoms with van der Waals surface area (Å²) in [6.45, 7) is 2.08. The fraction of sp³-hybridized carbons (Fsp3) is 0.417. The van der Waals surface area contributed by atoms with E-state index in [1.54, 1.807) is 0 Å². The van der Waals surface area contributed by atoms with Crippen molar-refractivity contribution in [2.45, 2.75) is 25.5 Å².